The van der Waals surface area contributed by atoms with E-state index in [2.05, 4.69) is 0 Å². The van der Waals surface area contributed by atoms with Crippen molar-refractivity contribution in [1.82, 2.24) is 4.90 Å². The molecule has 2 rings (SSSR count). The molecule has 0 saturated carbocycles. The molecule has 6 heteroatoms. The van der Waals surface area contributed by atoms with E-state index in [1.807, 2.05) is 0 Å². The molecule has 0 spiro atoms. The van der Waals surface area contributed by atoms with Crippen LogP contribution in [0.25, 0.3) is 0 Å². The van der Waals surface area contributed by atoms with E-state index >= 15 is 0 Å². The second kappa shape index (κ2) is 5.36. The molecule has 0 radical (unpaired) electrons. The maximum absolute atomic E-state index is 12.2. The summed E-state index contributed by atoms with van der Waals surface area (Å²) in [5.41, 5.74) is 0.234. The Morgan fingerprint density at radius 3 is 2.89 bits per heavy atom. The third-order valence-corrected chi connectivity index (χ3v) is 3.50. The SMILES string of the molecule is CC(O)C1CCN(C(=O)c2cccc([N+](=O)[O-])c2)C1. The second-order valence-corrected chi connectivity index (χ2v) is 4.85. The summed E-state index contributed by atoms with van der Waals surface area (Å²) >= 11 is 0. The number of nitro groups is 1. The highest BCUT2D eigenvalue weighted by Crippen LogP contribution is 2.22. The summed E-state index contributed by atoms with van der Waals surface area (Å²) in [5, 5.41) is 20.2. The second-order valence-electron chi connectivity index (χ2n) is 4.85. The molecular formula is C13H16N2O4. The van der Waals surface area contributed by atoms with Crippen LogP contribution in [0.2, 0.25) is 0 Å². The predicted octanol–water partition coefficient (Wildman–Crippen LogP) is 1.44. The minimum atomic E-state index is -0.515. The lowest BCUT2D eigenvalue weighted by molar-refractivity contribution is -0.384. The first-order valence-corrected chi connectivity index (χ1v) is 6.21. The zero-order chi connectivity index (χ0) is 14.0. The van der Waals surface area contributed by atoms with Gasteiger partial charge in [-0.05, 0) is 19.4 Å². The van der Waals surface area contributed by atoms with Gasteiger partial charge in [0.15, 0.2) is 0 Å². The zero-order valence-electron chi connectivity index (χ0n) is 10.7. The summed E-state index contributed by atoms with van der Waals surface area (Å²) in [6.45, 7) is 2.79. The zero-order valence-corrected chi connectivity index (χ0v) is 10.7. The summed E-state index contributed by atoms with van der Waals surface area (Å²) < 4.78 is 0. The molecule has 0 aromatic heterocycles. The molecule has 1 aliphatic heterocycles. The van der Waals surface area contributed by atoms with Gasteiger partial charge in [0.05, 0.1) is 11.0 Å². The number of nitro benzene ring substituents is 1. The summed E-state index contributed by atoms with van der Waals surface area (Å²) in [5.74, 6) is -0.130. The molecule has 1 fully saturated rings. The van der Waals surface area contributed by atoms with Gasteiger partial charge in [-0.1, -0.05) is 6.07 Å². The fourth-order valence-corrected chi connectivity index (χ4v) is 2.30. The van der Waals surface area contributed by atoms with Crippen LogP contribution in [0.3, 0.4) is 0 Å². The lowest BCUT2D eigenvalue weighted by Gasteiger charge is -2.17. The number of non-ortho nitro benzene ring substituents is 1. The van der Waals surface area contributed by atoms with Gasteiger partial charge in [0.25, 0.3) is 11.6 Å². The molecule has 1 aliphatic rings. The van der Waals surface area contributed by atoms with E-state index in [-0.39, 0.29) is 17.5 Å². The van der Waals surface area contributed by atoms with Gasteiger partial charge in [0.2, 0.25) is 0 Å². The number of benzene rings is 1. The number of hydrogen-bond acceptors (Lipinski definition) is 4. The van der Waals surface area contributed by atoms with Crippen LogP contribution in [0.5, 0.6) is 0 Å². The Kier molecular flexibility index (Phi) is 3.80. The van der Waals surface area contributed by atoms with E-state index in [0.29, 0.717) is 18.7 Å². The number of hydrogen-bond donors (Lipinski definition) is 1. The van der Waals surface area contributed by atoms with E-state index in [0.717, 1.165) is 6.42 Å². The van der Waals surface area contributed by atoms with Gasteiger partial charge in [-0.25, -0.2) is 0 Å². The highest BCUT2D eigenvalue weighted by Gasteiger charge is 2.29. The maximum atomic E-state index is 12.2. The highest BCUT2D eigenvalue weighted by molar-refractivity contribution is 5.95. The van der Waals surface area contributed by atoms with Crippen LogP contribution in [-0.2, 0) is 0 Å². The Morgan fingerprint density at radius 1 is 1.58 bits per heavy atom. The molecule has 6 nitrogen and oxygen atoms in total. The average molecular weight is 264 g/mol. The molecule has 1 aromatic carbocycles. The Balaban J connectivity index is 2.12. The monoisotopic (exact) mass is 264 g/mol. The van der Waals surface area contributed by atoms with Crippen molar-refractivity contribution in [1.29, 1.82) is 0 Å². The number of carbonyl (C=O) groups is 1. The van der Waals surface area contributed by atoms with Crippen molar-refractivity contribution in [2.45, 2.75) is 19.4 Å². The normalized spacial score (nSPS) is 20.3. The van der Waals surface area contributed by atoms with Crippen molar-refractivity contribution < 1.29 is 14.8 Å². The van der Waals surface area contributed by atoms with Gasteiger partial charge in [-0.3, -0.25) is 14.9 Å². The van der Waals surface area contributed by atoms with Gasteiger partial charge in [-0.2, -0.15) is 0 Å². The third kappa shape index (κ3) is 2.90. The molecule has 102 valence electrons. The van der Waals surface area contributed by atoms with Crippen LogP contribution >= 0.6 is 0 Å². The highest BCUT2D eigenvalue weighted by atomic mass is 16.6. The summed E-state index contributed by atoms with van der Waals surface area (Å²) in [4.78, 5) is 24.0. The number of aliphatic hydroxyl groups excluding tert-OH is 1. The fourth-order valence-electron chi connectivity index (χ4n) is 2.30. The first kappa shape index (κ1) is 13.5. The third-order valence-electron chi connectivity index (χ3n) is 3.50. The molecule has 1 amide bonds. The molecule has 1 N–H and O–H groups in total. The smallest absolute Gasteiger partial charge is 0.270 e. The number of nitrogens with zero attached hydrogens (tertiary/aromatic N) is 2. The number of rotatable bonds is 3. The lowest BCUT2D eigenvalue weighted by atomic mass is 10.0. The number of carbonyl (C=O) groups excluding carboxylic acids is 1. The van der Waals surface area contributed by atoms with Crippen LogP contribution in [0, 0.1) is 16.0 Å². The van der Waals surface area contributed by atoms with Crippen LogP contribution < -0.4 is 0 Å². The predicted molar refractivity (Wildman–Crippen MR) is 68.8 cm³/mol. The van der Waals surface area contributed by atoms with Crippen molar-refractivity contribution in [3.63, 3.8) is 0 Å². The molecule has 0 bridgehead atoms. The summed E-state index contributed by atoms with van der Waals surface area (Å²) in [6.07, 6.45) is 0.320. The van der Waals surface area contributed by atoms with E-state index in [9.17, 15) is 20.0 Å². The van der Waals surface area contributed by atoms with Crippen LogP contribution in [0.1, 0.15) is 23.7 Å². The lowest BCUT2D eigenvalue weighted by Crippen LogP contribution is -2.30. The molecule has 1 aromatic rings. The van der Waals surface area contributed by atoms with E-state index < -0.39 is 11.0 Å². The Bertz CT molecular complexity index is 501. The Hall–Kier alpha value is -1.95. The standard InChI is InChI=1S/C13H16N2O4/c1-9(16)11-5-6-14(8-11)13(17)10-3-2-4-12(7-10)15(18)19/h2-4,7,9,11,16H,5-6,8H2,1H3. The van der Waals surface area contributed by atoms with Crippen molar-refractivity contribution in [3.8, 4) is 0 Å². The molecule has 1 saturated heterocycles. The number of aliphatic hydroxyl groups is 1. The van der Waals surface area contributed by atoms with E-state index in [4.69, 9.17) is 0 Å². The number of likely N-dealkylation sites (tertiary alicyclic amines) is 1. The molecule has 19 heavy (non-hydrogen) atoms. The quantitative estimate of drug-likeness (QED) is 0.661. The van der Waals surface area contributed by atoms with Crippen molar-refractivity contribution in [2.75, 3.05) is 13.1 Å². The first-order chi connectivity index (χ1) is 8.99. The minimum Gasteiger partial charge on any atom is -0.393 e. The minimum absolute atomic E-state index is 0.0858. The van der Waals surface area contributed by atoms with Crippen molar-refractivity contribution in [2.24, 2.45) is 5.92 Å². The summed E-state index contributed by atoms with van der Waals surface area (Å²) in [6, 6.07) is 5.73. The molecule has 2 atom stereocenters. The molecule has 2 unspecified atom stereocenters. The molecule has 0 aliphatic carbocycles. The van der Waals surface area contributed by atoms with E-state index in [1.165, 1.54) is 18.2 Å². The van der Waals surface area contributed by atoms with Gasteiger partial charge >= 0.3 is 0 Å². The number of amides is 1. The fraction of sp³-hybridized carbons (Fsp3) is 0.462. The molecular weight excluding hydrogens is 248 g/mol. The van der Waals surface area contributed by atoms with Gasteiger partial charge in [-0.15, -0.1) is 0 Å². The van der Waals surface area contributed by atoms with Gasteiger partial charge in [0.1, 0.15) is 0 Å². The van der Waals surface area contributed by atoms with Crippen molar-refractivity contribution >= 4 is 11.6 Å². The van der Waals surface area contributed by atoms with Crippen LogP contribution in [-0.4, -0.2) is 40.0 Å². The topological polar surface area (TPSA) is 83.7 Å². The Morgan fingerprint density at radius 2 is 2.32 bits per heavy atom. The first-order valence-electron chi connectivity index (χ1n) is 6.21. The summed E-state index contributed by atoms with van der Waals surface area (Å²) in [7, 11) is 0. The largest absolute Gasteiger partial charge is 0.393 e. The molecule has 1 heterocycles. The maximum Gasteiger partial charge on any atom is 0.270 e. The van der Waals surface area contributed by atoms with Gasteiger partial charge in [0, 0.05) is 36.7 Å². The van der Waals surface area contributed by atoms with E-state index in [1.54, 1.807) is 17.9 Å². The average Bonchev–Trinajstić information content (AvgIpc) is 2.87. The van der Waals surface area contributed by atoms with Crippen LogP contribution in [0.4, 0.5) is 5.69 Å². The Labute approximate surface area is 110 Å². The van der Waals surface area contributed by atoms with Crippen LogP contribution in [0.15, 0.2) is 24.3 Å². The van der Waals surface area contributed by atoms with Gasteiger partial charge < -0.3 is 10.0 Å². The van der Waals surface area contributed by atoms with Crippen molar-refractivity contribution in [3.05, 3.63) is 39.9 Å².